The van der Waals surface area contributed by atoms with Crippen LogP contribution in [0.4, 0.5) is 0 Å². The number of aromatic hydroxyl groups is 1. The molecular formula is C21H22O3. The fourth-order valence-corrected chi connectivity index (χ4v) is 3.49. The summed E-state index contributed by atoms with van der Waals surface area (Å²) in [5.74, 6) is 0.710. The summed E-state index contributed by atoms with van der Waals surface area (Å²) in [6, 6.07) is 10.2. The van der Waals surface area contributed by atoms with Gasteiger partial charge in [-0.05, 0) is 39.6 Å². The summed E-state index contributed by atoms with van der Waals surface area (Å²) in [6.07, 6.45) is 3.24. The molecule has 2 aromatic rings. The largest absolute Gasteiger partial charge is 0.507 e. The number of methoxy groups -OCH3 is 2. The van der Waals surface area contributed by atoms with Gasteiger partial charge in [0.05, 0.1) is 14.2 Å². The van der Waals surface area contributed by atoms with Crippen molar-refractivity contribution in [1.29, 1.82) is 0 Å². The van der Waals surface area contributed by atoms with Crippen LogP contribution in [0.25, 0.3) is 23.8 Å². The molecule has 0 atom stereocenters. The van der Waals surface area contributed by atoms with Crippen LogP contribution in [0.3, 0.4) is 0 Å². The molecule has 0 spiro atoms. The van der Waals surface area contributed by atoms with Crippen LogP contribution >= 0.6 is 0 Å². The average Bonchev–Trinajstić information content (AvgIpc) is 2.78. The van der Waals surface area contributed by atoms with Crippen molar-refractivity contribution in [3.63, 3.8) is 0 Å². The second-order valence-corrected chi connectivity index (χ2v) is 6.49. The van der Waals surface area contributed by atoms with E-state index in [1.54, 1.807) is 20.3 Å². The first-order valence-electron chi connectivity index (χ1n) is 7.85. The van der Waals surface area contributed by atoms with E-state index in [1.165, 1.54) is 17.4 Å². The maximum atomic E-state index is 10.6. The zero-order chi connectivity index (χ0) is 17.5. The topological polar surface area (TPSA) is 38.7 Å². The molecule has 0 radical (unpaired) electrons. The van der Waals surface area contributed by atoms with Gasteiger partial charge in [0.15, 0.2) is 5.76 Å². The molecule has 0 heterocycles. The molecule has 0 saturated carbocycles. The van der Waals surface area contributed by atoms with E-state index in [-0.39, 0.29) is 11.2 Å². The van der Waals surface area contributed by atoms with Crippen molar-refractivity contribution in [2.75, 3.05) is 14.2 Å². The Labute approximate surface area is 142 Å². The third-order valence-corrected chi connectivity index (χ3v) is 4.75. The molecule has 2 aromatic carbocycles. The number of ether oxygens (including phenoxy) is 2. The summed E-state index contributed by atoms with van der Waals surface area (Å²) in [6.45, 7) is 8.59. The van der Waals surface area contributed by atoms with E-state index in [0.717, 1.165) is 16.3 Å². The minimum absolute atomic E-state index is 0.166. The van der Waals surface area contributed by atoms with Gasteiger partial charge in [0.25, 0.3) is 0 Å². The smallest absolute Gasteiger partial charge is 0.153 e. The SMILES string of the molecule is C=c1c2c(cc(O)/c1=C/C(=C/OC)OC)C(C)(C)c1ccccc1-2. The van der Waals surface area contributed by atoms with E-state index < -0.39 is 0 Å². The highest BCUT2D eigenvalue weighted by Crippen LogP contribution is 2.47. The molecule has 0 saturated heterocycles. The van der Waals surface area contributed by atoms with Crippen LogP contribution in [0.2, 0.25) is 0 Å². The van der Waals surface area contributed by atoms with Crippen molar-refractivity contribution >= 4 is 12.7 Å². The van der Waals surface area contributed by atoms with Gasteiger partial charge in [0.2, 0.25) is 0 Å². The van der Waals surface area contributed by atoms with Gasteiger partial charge in [-0.2, -0.15) is 0 Å². The number of rotatable bonds is 3. The Hall–Kier alpha value is -2.68. The van der Waals surface area contributed by atoms with Crippen LogP contribution < -0.4 is 10.4 Å². The molecule has 24 heavy (non-hydrogen) atoms. The molecule has 3 heteroatoms. The third-order valence-electron chi connectivity index (χ3n) is 4.75. The van der Waals surface area contributed by atoms with Crippen LogP contribution in [-0.4, -0.2) is 19.3 Å². The number of hydrogen-bond acceptors (Lipinski definition) is 3. The minimum atomic E-state index is -0.166. The van der Waals surface area contributed by atoms with Crippen LogP contribution in [0.15, 0.2) is 42.4 Å². The normalized spacial score (nSPS) is 15.8. The second-order valence-electron chi connectivity index (χ2n) is 6.49. The maximum Gasteiger partial charge on any atom is 0.153 e. The summed E-state index contributed by atoms with van der Waals surface area (Å²) >= 11 is 0. The van der Waals surface area contributed by atoms with Crippen molar-refractivity contribution in [3.8, 4) is 16.9 Å². The molecule has 1 N–H and O–H groups in total. The molecule has 0 unspecified atom stereocenters. The van der Waals surface area contributed by atoms with Crippen molar-refractivity contribution in [1.82, 2.24) is 0 Å². The molecule has 0 aromatic heterocycles. The Morgan fingerprint density at radius 3 is 2.54 bits per heavy atom. The van der Waals surface area contributed by atoms with Crippen molar-refractivity contribution in [2.24, 2.45) is 0 Å². The first kappa shape index (κ1) is 16.2. The summed E-state index contributed by atoms with van der Waals surface area (Å²) in [5, 5.41) is 12.0. The number of phenols is 1. The van der Waals surface area contributed by atoms with Crippen LogP contribution in [0.1, 0.15) is 25.0 Å². The number of benzene rings is 2. The van der Waals surface area contributed by atoms with E-state index in [0.29, 0.717) is 11.0 Å². The maximum absolute atomic E-state index is 10.6. The predicted molar refractivity (Wildman–Crippen MR) is 97.0 cm³/mol. The number of phenolic OH excluding ortho intramolecular Hbond substituents is 1. The molecule has 0 fully saturated rings. The van der Waals surface area contributed by atoms with Gasteiger partial charge in [-0.1, -0.05) is 44.7 Å². The van der Waals surface area contributed by atoms with Crippen LogP contribution in [-0.2, 0) is 14.9 Å². The highest BCUT2D eigenvalue weighted by molar-refractivity contribution is 5.82. The molecule has 3 nitrogen and oxygen atoms in total. The van der Waals surface area contributed by atoms with Crippen LogP contribution in [0, 0.1) is 0 Å². The van der Waals surface area contributed by atoms with Crippen LogP contribution in [0.5, 0.6) is 5.75 Å². The number of allylic oxidation sites excluding steroid dienone is 1. The summed E-state index contributed by atoms with van der Waals surface area (Å²) in [5.41, 5.74) is 4.44. The Morgan fingerprint density at radius 2 is 1.88 bits per heavy atom. The zero-order valence-corrected chi connectivity index (χ0v) is 14.5. The summed E-state index contributed by atoms with van der Waals surface area (Å²) in [4.78, 5) is 0. The molecule has 0 bridgehead atoms. The molecule has 1 aliphatic carbocycles. The monoisotopic (exact) mass is 322 g/mol. The van der Waals surface area contributed by atoms with Crippen molar-refractivity contribution < 1.29 is 14.6 Å². The van der Waals surface area contributed by atoms with Gasteiger partial charge >= 0.3 is 0 Å². The molecule has 0 aliphatic heterocycles. The molecule has 124 valence electrons. The van der Waals surface area contributed by atoms with E-state index >= 15 is 0 Å². The lowest BCUT2D eigenvalue weighted by molar-refractivity contribution is 0.266. The summed E-state index contributed by atoms with van der Waals surface area (Å²) < 4.78 is 10.3. The van der Waals surface area contributed by atoms with Crippen molar-refractivity contribution in [2.45, 2.75) is 19.3 Å². The lowest BCUT2D eigenvalue weighted by atomic mass is 9.82. The first-order chi connectivity index (χ1) is 11.4. The molecular weight excluding hydrogens is 300 g/mol. The third kappa shape index (κ3) is 2.28. The summed E-state index contributed by atoms with van der Waals surface area (Å²) in [7, 11) is 3.12. The highest BCUT2D eigenvalue weighted by atomic mass is 16.5. The lowest BCUT2D eigenvalue weighted by Gasteiger charge is -2.21. The fraction of sp³-hybridized carbons (Fsp3) is 0.238. The first-order valence-corrected chi connectivity index (χ1v) is 7.85. The highest BCUT2D eigenvalue weighted by Gasteiger charge is 2.36. The standard InChI is InChI=1S/C21H22O3/c1-13-16(10-14(24-5)12-23-4)19(22)11-18-20(13)15-8-6-7-9-17(15)21(18,2)3/h6-12,22H,1H2,2-5H3/b14-12-,16-10+. The van der Waals surface area contributed by atoms with Gasteiger partial charge in [-0.3, -0.25) is 0 Å². The number of fused-ring (bicyclic) bond motifs is 3. The predicted octanol–water partition coefficient (Wildman–Crippen LogP) is 3.02. The average molecular weight is 322 g/mol. The Bertz CT molecular complexity index is 936. The second kappa shape index (κ2) is 5.75. The zero-order valence-electron chi connectivity index (χ0n) is 14.5. The van der Waals surface area contributed by atoms with E-state index in [1.807, 2.05) is 18.2 Å². The Kier molecular flexibility index (Phi) is 3.88. The van der Waals surface area contributed by atoms with E-state index in [2.05, 4.69) is 32.6 Å². The Balaban J connectivity index is 2.37. The fourth-order valence-electron chi connectivity index (χ4n) is 3.49. The Morgan fingerprint density at radius 1 is 1.17 bits per heavy atom. The lowest BCUT2D eigenvalue weighted by Crippen LogP contribution is -2.28. The van der Waals surface area contributed by atoms with Gasteiger partial charge in [-0.15, -0.1) is 0 Å². The van der Waals surface area contributed by atoms with E-state index in [9.17, 15) is 5.11 Å². The van der Waals surface area contributed by atoms with Gasteiger partial charge in [0, 0.05) is 10.6 Å². The van der Waals surface area contributed by atoms with Gasteiger partial charge < -0.3 is 14.6 Å². The van der Waals surface area contributed by atoms with Gasteiger partial charge in [-0.25, -0.2) is 0 Å². The molecule has 1 aliphatic rings. The minimum Gasteiger partial charge on any atom is -0.507 e. The molecule has 0 amide bonds. The van der Waals surface area contributed by atoms with Gasteiger partial charge in [0.1, 0.15) is 12.0 Å². The number of hydrogen-bond donors (Lipinski definition) is 1. The molecule has 3 rings (SSSR count). The quantitative estimate of drug-likeness (QED) is 0.883. The van der Waals surface area contributed by atoms with E-state index in [4.69, 9.17) is 9.47 Å². The van der Waals surface area contributed by atoms with Crippen molar-refractivity contribution in [3.05, 3.63) is 63.9 Å².